The molecule has 17 heavy (non-hydrogen) atoms. The van der Waals surface area contributed by atoms with Gasteiger partial charge in [-0.05, 0) is 0 Å². The first-order valence-electron chi connectivity index (χ1n) is 4.91. The van der Waals surface area contributed by atoms with E-state index in [2.05, 4.69) is 20.9 Å². The minimum atomic E-state index is -1.51. The van der Waals surface area contributed by atoms with Crippen LogP contribution in [0.5, 0.6) is 0 Å². The van der Waals surface area contributed by atoms with Crippen LogP contribution in [0.1, 0.15) is 5.69 Å². The predicted molar refractivity (Wildman–Crippen MR) is 52.4 cm³/mol. The summed E-state index contributed by atoms with van der Waals surface area (Å²) in [5.41, 5.74) is 0.480. The highest BCUT2D eigenvalue weighted by Gasteiger charge is 2.30. The zero-order valence-electron chi connectivity index (χ0n) is 8.70. The number of carbonyl (C=O) groups is 2. The Morgan fingerprint density at radius 3 is 2.82 bits per heavy atom. The predicted octanol–water partition coefficient (Wildman–Crippen LogP) is -2.66. The van der Waals surface area contributed by atoms with Gasteiger partial charge in [0.15, 0.2) is 6.29 Å². The Kier molecular flexibility index (Phi) is 3.02. The van der Waals surface area contributed by atoms with Gasteiger partial charge in [-0.25, -0.2) is 9.48 Å². The van der Waals surface area contributed by atoms with E-state index in [9.17, 15) is 9.59 Å². The second-order valence-corrected chi connectivity index (χ2v) is 3.63. The van der Waals surface area contributed by atoms with Gasteiger partial charge in [0, 0.05) is 12.6 Å². The van der Waals surface area contributed by atoms with Crippen LogP contribution >= 0.6 is 0 Å². The summed E-state index contributed by atoms with van der Waals surface area (Å²) in [6, 6.07) is -1.19. The van der Waals surface area contributed by atoms with Crippen molar-refractivity contribution in [2.75, 3.05) is 0 Å². The highest BCUT2D eigenvalue weighted by Crippen LogP contribution is 2.03. The number of amides is 3. The molecule has 4 N–H and O–H groups in total. The minimum Gasteiger partial charge on any atom is -0.367 e. The van der Waals surface area contributed by atoms with E-state index in [1.165, 1.54) is 10.9 Å². The van der Waals surface area contributed by atoms with E-state index >= 15 is 0 Å². The molecule has 0 spiro atoms. The molecule has 0 saturated carbocycles. The zero-order valence-corrected chi connectivity index (χ0v) is 8.70. The fourth-order valence-corrected chi connectivity index (χ4v) is 1.50. The molecule has 1 aromatic rings. The maximum atomic E-state index is 11.2. The van der Waals surface area contributed by atoms with Gasteiger partial charge in [0.1, 0.15) is 6.04 Å². The molecule has 0 aliphatic carbocycles. The average molecular weight is 241 g/mol. The van der Waals surface area contributed by atoms with E-state index in [1.807, 2.05) is 0 Å². The smallest absolute Gasteiger partial charge is 0.322 e. The van der Waals surface area contributed by atoms with Crippen LogP contribution in [0.3, 0.4) is 0 Å². The molecule has 1 fully saturated rings. The second-order valence-electron chi connectivity index (χ2n) is 3.63. The van der Waals surface area contributed by atoms with Crippen molar-refractivity contribution in [3.63, 3.8) is 0 Å². The van der Waals surface area contributed by atoms with Gasteiger partial charge in [0.05, 0.1) is 12.2 Å². The summed E-state index contributed by atoms with van der Waals surface area (Å²) in [4.78, 5) is 22.1. The van der Waals surface area contributed by atoms with Gasteiger partial charge in [-0.2, -0.15) is 0 Å². The van der Waals surface area contributed by atoms with Crippen molar-refractivity contribution >= 4 is 11.9 Å². The molecule has 92 valence electrons. The lowest BCUT2D eigenvalue weighted by atomic mass is 10.2. The average Bonchev–Trinajstić information content (AvgIpc) is 2.74. The SMILES string of the molecule is O=C1NC(=O)[C@H](Cc2cn(CC(O)O)nn2)N1. The first kappa shape index (κ1) is 11.5. The molecule has 0 bridgehead atoms. The van der Waals surface area contributed by atoms with Gasteiger partial charge in [0.25, 0.3) is 5.91 Å². The molecule has 2 heterocycles. The standard InChI is InChI=1S/C8H11N5O4/c14-6(15)3-13-2-4(11-12-13)1-5-7(16)10-8(17)9-5/h2,5-6,14-15H,1,3H2,(H2,9,10,16,17)/t5-/m0/s1. The van der Waals surface area contributed by atoms with Gasteiger partial charge in [0.2, 0.25) is 0 Å². The summed E-state index contributed by atoms with van der Waals surface area (Å²) in [6.07, 6.45) is 0.176. The topological polar surface area (TPSA) is 129 Å². The van der Waals surface area contributed by atoms with E-state index < -0.39 is 24.3 Å². The summed E-state index contributed by atoms with van der Waals surface area (Å²) in [5.74, 6) is -0.410. The number of aliphatic hydroxyl groups excluding tert-OH is 1. The third kappa shape index (κ3) is 2.77. The van der Waals surface area contributed by atoms with Crippen molar-refractivity contribution in [3.05, 3.63) is 11.9 Å². The fourth-order valence-electron chi connectivity index (χ4n) is 1.50. The van der Waals surface area contributed by atoms with Gasteiger partial charge in [-0.1, -0.05) is 5.21 Å². The van der Waals surface area contributed by atoms with E-state index in [4.69, 9.17) is 10.2 Å². The molecule has 1 aromatic heterocycles. The molecule has 1 atom stereocenters. The third-order valence-corrected chi connectivity index (χ3v) is 2.21. The summed E-state index contributed by atoms with van der Waals surface area (Å²) < 4.78 is 1.24. The first-order valence-corrected chi connectivity index (χ1v) is 4.91. The molecule has 1 aliphatic rings. The van der Waals surface area contributed by atoms with Crippen LogP contribution in [0.4, 0.5) is 4.79 Å². The number of aliphatic hydroxyl groups is 2. The van der Waals surface area contributed by atoms with Crippen molar-refractivity contribution in [3.8, 4) is 0 Å². The number of rotatable bonds is 4. The van der Waals surface area contributed by atoms with Crippen molar-refractivity contribution in [1.29, 1.82) is 0 Å². The van der Waals surface area contributed by atoms with Crippen LogP contribution in [0, 0.1) is 0 Å². The molecule has 2 rings (SSSR count). The Bertz CT molecular complexity index is 443. The minimum absolute atomic E-state index is 0.101. The number of carbonyl (C=O) groups excluding carboxylic acids is 2. The monoisotopic (exact) mass is 241 g/mol. The first-order chi connectivity index (χ1) is 8.04. The number of hydrogen-bond donors (Lipinski definition) is 4. The Balaban J connectivity index is 1.97. The van der Waals surface area contributed by atoms with Crippen molar-refractivity contribution in [2.24, 2.45) is 0 Å². The van der Waals surface area contributed by atoms with Gasteiger partial charge in [-0.3, -0.25) is 10.1 Å². The summed E-state index contributed by atoms with van der Waals surface area (Å²) in [5, 5.41) is 29.4. The highest BCUT2D eigenvalue weighted by molar-refractivity contribution is 6.04. The highest BCUT2D eigenvalue weighted by atomic mass is 16.5. The molecular formula is C8H11N5O4. The van der Waals surface area contributed by atoms with Crippen LogP contribution in [-0.4, -0.2) is 49.5 Å². The summed E-state index contributed by atoms with van der Waals surface area (Å²) in [6.45, 7) is -0.101. The molecule has 9 heteroatoms. The van der Waals surface area contributed by atoms with Gasteiger partial charge >= 0.3 is 6.03 Å². The number of aromatic nitrogens is 3. The van der Waals surface area contributed by atoms with Crippen molar-refractivity contribution < 1.29 is 19.8 Å². The molecular weight excluding hydrogens is 230 g/mol. The Morgan fingerprint density at radius 1 is 1.47 bits per heavy atom. The second kappa shape index (κ2) is 4.47. The molecule has 1 saturated heterocycles. The fraction of sp³-hybridized carbons (Fsp3) is 0.500. The van der Waals surface area contributed by atoms with Crippen LogP contribution < -0.4 is 10.6 Å². The number of imide groups is 1. The number of nitrogens with one attached hydrogen (secondary N) is 2. The summed E-state index contributed by atoms with van der Waals surface area (Å²) in [7, 11) is 0. The van der Waals surface area contributed by atoms with Crippen LogP contribution in [0.25, 0.3) is 0 Å². The lowest BCUT2D eigenvalue weighted by Crippen LogP contribution is -2.31. The Labute approximate surface area is 95.4 Å². The molecule has 3 amide bonds. The van der Waals surface area contributed by atoms with Gasteiger partial charge < -0.3 is 15.5 Å². The molecule has 9 nitrogen and oxygen atoms in total. The Morgan fingerprint density at radius 2 is 2.24 bits per heavy atom. The summed E-state index contributed by atoms with van der Waals surface area (Å²) >= 11 is 0. The van der Waals surface area contributed by atoms with Crippen LogP contribution in [0.15, 0.2) is 6.20 Å². The quantitative estimate of drug-likeness (QED) is 0.336. The molecule has 0 radical (unpaired) electrons. The Hall–Kier alpha value is -2.00. The van der Waals surface area contributed by atoms with E-state index in [1.54, 1.807) is 0 Å². The van der Waals surface area contributed by atoms with Crippen molar-refractivity contribution in [2.45, 2.75) is 25.3 Å². The molecule has 0 aromatic carbocycles. The number of urea groups is 1. The van der Waals surface area contributed by atoms with Crippen molar-refractivity contribution in [1.82, 2.24) is 25.6 Å². The largest absolute Gasteiger partial charge is 0.367 e. The van der Waals surface area contributed by atoms with E-state index in [0.717, 1.165) is 0 Å². The maximum Gasteiger partial charge on any atom is 0.322 e. The van der Waals surface area contributed by atoms with Gasteiger partial charge in [-0.15, -0.1) is 5.10 Å². The lowest BCUT2D eigenvalue weighted by molar-refractivity contribution is -0.120. The molecule has 1 aliphatic heterocycles. The van der Waals surface area contributed by atoms with E-state index in [-0.39, 0.29) is 13.0 Å². The lowest BCUT2D eigenvalue weighted by Gasteiger charge is -2.03. The number of hydrogen-bond acceptors (Lipinski definition) is 6. The zero-order chi connectivity index (χ0) is 12.4. The van der Waals surface area contributed by atoms with Crippen LogP contribution in [-0.2, 0) is 17.8 Å². The normalized spacial score (nSPS) is 19.6. The maximum absolute atomic E-state index is 11.2. The van der Waals surface area contributed by atoms with E-state index in [0.29, 0.717) is 5.69 Å². The third-order valence-electron chi connectivity index (χ3n) is 2.21. The van der Waals surface area contributed by atoms with Crippen LogP contribution in [0.2, 0.25) is 0 Å². The molecule has 0 unspecified atom stereocenters. The number of nitrogens with zero attached hydrogens (tertiary/aromatic N) is 3.